The Morgan fingerprint density at radius 1 is 0.821 bits per heavy atom. The van der Waals surface area contributed by atoms with Gasteiger partial charge in [0.15, 0.2) is 30.8 Å². The van der Waals surface area contributed by atoms with Gasteiger partial charge in [0.25, 0.3) is 6.48 Å². The van der Waals surface area contributed by atoms with E-state index in [1.54, 1.807) is 86.5 Å². The molecule has 0 aromatic rings. The van der Waals surface area contributed by atoms with Gasteiger partial charge >= 0.3 is 11.9 Å². The van der Waals surface area contributed by atoms with Crippen LogP contribution in [0.1, 0.15) is 95.4 Å². The summed E-state index contributed by atoms with van der Waals surface area (Å²) in [7, 11) is 3.45. The fraction of sp³-hybridized carbons (Fsp3) is 0.812. The molecule has 19 heteroatoms. The Balaban J connectivity index is 2.07. The number of cyclic esters (lactones) is 1. The van der Waals surface area contributed by atoms with Gasteiger partial charge in [-0.25, -0.2) is 4.79 Å². The second-order valence-corrected chi connectivity index (χ2v) is 17.7. The zero-order valence-corrected chi connectivity index (χ0v) is 41.8. The van der Waals surface area contributed by atoms with Gasteiger partial charge in [-0.1, -0.05) is 38.5 Å². The fourth-order valence-corrected chi connectivity index (χ4v) is 8.75. The van der Waals surface area contributed by atoms with E-state index in [1.165, 1.54) is 13.0 Å². The summed E-state index contributed by atoms with van der Waals surface area (Å²) in [6, 6.07) is -0.769. The molecule has 3 aliphatic heterocycles. The van der Waals surface area contributed by atoms with Gasteiger partial charge in [-0.05, 0) is 87.4 Å². The van der Waals surface area contributed by atoms with Gasteiger partial charge in [-0.3, -0.25) is 9.59 Å². The highest BCUT2D eigenvalue weighted by Crippen LogP contribution is 2.36. The lowest BCUT2D eigenvalue weighted by molar-refractivity contribution is -0.363. The predicted octanol–water partition coefficient (Wildman–Crippen LogP) is 4.10. The molecule has 386 valence electrons. The van der Waals surface area contributed by atoms with Crippen LogP contribution in [0.2, 0.25) is 0 Å². The van der Waals surface area contributed by atoms with Crippen molar-refractivity contribution >= 4 is 17.7 Å². The largest absolute Gasteiger partial charge is 0.512 e. The van der Waals surface area contributed by atoms with Gasteiger partial charge < -0.3 is 77.4 Å². The predicted molar refractivity (Wildman–Crippen MR) is 243 cm³/mol. The number of nitrogens with zero attached hydrogens (tertiary/aromatic N) is 1. The maximum absolute atomic E-state index is 14.0. The summed E-state index contributed by atoms with van der Waals surface area (Å²) >= 11 is 0. The smallest absolute Gasteiger partial charge is 0.334 e. The topological polar surface area (TPSA) is 237 Å². The van der Waals surface area contributed by atoms with Crippen LogP contribution in [-0.2, 0) is 66.5 Å². The number of hydrogen-bond donors (Lipinski definition) is 4. The molecule has 3 heterocycles. The molecule has 0 radical (unpaired) electrons. The van der Waals surface area contributed by atoms with E-state index in [2.05, 4.69) is 0 Å². The lowest BCUT2D eigenvalue weighted by Crippen LogP contribution is -2.63. The van der Waals surface area contributed by atoms with Gasteiger partial charge in [0.2, 0.25) is 0 Å². The molecule has 0 saturated carbocycles. The number of aliphatic hydroxyl groups is 4. The van der Waals surface area contributed by atoms with Crippen molar-refractivity contribution in [2.75, 3.05) is 47.1 Å². The van der Waals surface area contributed by atoms with Crippen LogP contribution in [0.25, 0.3) is 0 Å². The molecule has 2 fully saturated rings. The van der Waals surface area contributed by atoms with E-state index < -0.39 is 128 Å². The fourth-order valence-electron chi connectivity index (χ4n) is 8.75. The average molecular weight is 960 g/mol. The van der Waals surface area contributed by atoms with Crippen molar-refractivity contribution in [3.05, 3.63) is 35.6 Å². The SMILES string of the molecule is CCOC(C[C@H]1C[C@@H](C)C(=O)/C=C/C(C)=C/[C@H](CO[C@@H]2O[C@H](C)[C@@H](OC(C)=O)[C@@H](OC(OCC)OCC)[C@H]2O)[C@@H](CC)OC(=O)/C=C(\O)[C@H](C)[C@H]1O[C@@H]1O[C@H](C)[C@@H](O)[C@H](N(C)C)[C@H]1O)OCC. The molecule has 67 heavy (non-hydrogen) atoms. The van der Waals surface area contributed by atoms with Gasteiger partial charge in [-0.15, -0.1) is 0 Å². The molecule has 4 N–H and O–H groups in total. The summed E-state index contributed by atoms with van der Waals surface area (Å²) < 4.78 is 65.6. The number of carbonyl (C=O) groups is 3. The highest BCUT2D eigenvalue weighted by atomic mass is 16.9. The summed E-state index contributed by atoms with van der Waals surface area (Å²) in [6.07, 6.45) is -6.31. The summed E-state index contributed by atoms with van der Waals surface area (Å²) in [5.74, 6) is -4.91. The number of allylic oxidation sites excluding steroid dienone is 3. The number of hydrogen-bond acceptors (Lipinski definition) is 19. The molecule has 16 atom stereocenters. The first-order valence-electron chi connectivity index (χ1n) is 23.8. The minimum absolute atomic E-state index is 0.170. The monoisotopic (exact) mass is 960 g/mol. The van der Waals surface area contributed by atoms with E-state index in [0.717, 1.165) is 6.08 Å². The maximum Gasteiger partial charge on any atom is 0.334 e. The van der Waals surface area contributed by atoms with Crippen LogP contribution in [0.3, 0.4) is 0 Å². The van der Waals surface area contributed by atoms with Crippen molar-refractivity contribution in [2.24, 2.45) is 23.7 Å². The molecule has 2 saturated heterocycles. The molecule has 3 aliphatic rings. The van der Waals surface area contributed by atoms with Gasteiger partial charge in [0, 0.05) is 57.5 Å². The summed E-state index contributed by atoms with van der Waals surface area (Å²) in [4.78, 5) is 41.6. The molecule has 19 nitrogen and oxygen atoms in total. The number of likely N-dealkylation sites (N-methyl/N-ethyl adjacent to an activating group) is 1. The Hall–Kier alpha value is -2.89. The van der Waals surface area contributed by atoms with Gasteiger partial charge in [0.1, 0.15) is 30.2 Å². The number of ether oxygens (including phenoxy) is 11. The highest BCUT2D eigenvalue weighted by Gasteiger charge is 2.49. The molecular formula is C48H81NO18. The second-order valence-electron chi connectivity index (χ2n) is 17.7. The minimum atomic E-state index is -1.51. The Morgan fingerprint density at radius 3 is 2.00 bits per heavy atom. The summed E-state index contributed by atoms with van der Waals surface area (Å²) in [5.41, 5.74) is 0.634. The molecule has 0 unspecified atom stereocenters. The number of esters is 2. The highest BCUT2D eigenvalue weighted by molar-refractivity contribution is 5.91. The van der Waals surface area contributed by atoms with E-state index >= 15 is 0 Å². The molecule has 0 aliphatic carbocycles. The van der Waals surface area contributed by atoms with Crippen LogP contribution in [0.4, 0.5) is 0 Å². The van der Waals surface area contributed by atoms with Crippen LogP contribution < -0.4 is 0 Å². The first kappa shape index (κ1) is 58.4. The van der Waals surface area contributed by atoms with Gasteiger partial charge in [-0.2, -0.15) is 0 Å². The number of aliphatic hydroxyl groups excluding tert-OH is 4. The van der Waals surface area contributed by atoms with Crippen molar-refractivity contribution in [2.45, 2.75) is 182 Å². The third kappa shape index (κ3) is 17.2. The van der Waals surface area contributed by atoms with Crippen LogP contribution in [0.5, 0.6) is 0 Å². The van der Waals surface area contributed by atoms with Crippen molar-refractivity contribution in [3.63, 3.8) is 0 Å². The van der Waals surface area contributed by atoms with E-state index in [4.69, 9.17) is 52.1 Å². The number of rotatable bonds is 20. The normalized spacial score (nSPS) is 37.2. The summed E-state index contributed by atoms with van der Waals surface area (Å²) in [5, 5.41) is 46.0. The number of ketones is 1. The zero-order chi connectivity index (χ0) is 50.1. The molecule has 0 aromatic carbocycles. The Kier molecular flexibility index (Phi) is 25.0. The average Bonchev–Trinajstić information content (AvgIpc) is 3.26. The molecule has 0 bridgehead atoms. The van der Waals surface area contributed by atoms with Gasteiger partial charge in [0.05, 0.1) is 43.1 Å². The van der Waals surface area contributed by atoms with Crippen molar-refractivity contribution < 1.29 is 86.9 Å². The maximum atomic E-state index is 14.0. The molecule has 0 spiro atoms. The van der Waals surface area contributed by atoms with Crippen molar-refractivity contribution in [1.82, 2.24) is 4.90 Å². The molecule has 3 rings (SSSR count). The zero-order valence-electron chi connectivity index (χ0n) is 41.8. The van der Waals surface area contributed by atoms with Crippen LogP contribution in [0, 0.1) is 23.7 Å². The molecule has 0 aromatic heterocycles. The van der Waals surface area contributed by atoms with E-state index in [0.29, 0.717) is 18.8 Å². The first-order valence-corrected chi connectivity index (χ1v) is 23.8. The lowest BCUT2D eigenvalue weighted by Gasteiger charge is -2.46. The van der Waals surface area contributed by atoms with Crippen LogP contribution in [0.15, 0.2) is 35.6 Å². The van der Waals surface area contributed by atoms with Crippen LogP contribution >= 0.6 is 0 Å². The van der Waals surface area contributed by atoms with E-state index in [-0.39, 0.29) is 44.9 Å². The first-order chi connectivity index (χ1) is 31.7. The number of carbonyl (C=O) groups excluding carboxylic acids is 3. The van der Waals surface area contributed by atoms with Crippen LogP contribution in [-0.4, -0.2) is 177 Å². The third-order valence-electron chi connectivity index (χ3n) is 12.2. The Morgan fingerprint density at radius 2 is 1.43 bits per heavy atom. The minimum Gasteiger partial charge on any atom is -0.512 e. The second kappa shape index (κ2) is 28.7. The van der Waals surface area contributed by atoms with Crippen molar-refractivity contribution in [3.8, 4) is 0 Å². The Bertz CT molecular complexity index is 1600. The summed E-state index contributed by atoms with van der Waals surface area (Å²) in [6.45, 7) is 18.5. The Labute approximate surface area is 396 Å². The third-order valence-corrected chi connectivity index (χ3v) is 12.2. The molecule has 0 amide bonds. The quantitative estimate of drug-likeness (QED) is 0.0993. The van der Waals surface area contributed by atoms with Crippen molar-refractivity contribution in [1.29, 1.82) is 0 Å². The van der Waals surface area contributed by atoms with E-state index in [1.807, 2.05) is 13.8 Å². The lowest BCUT2D eigenvalue weighted by atomic mass is 9.80. The van der Waals surface area contributed by atoms with E-state index in [9.17, 15) is 34.8 Å². The molecular weight excluding hydrogens is 879 g/mol. The standard InChI is InChI=1S/C48H81NO18/c1-14-36-33(25-61-46-42(56)45(67-48(59-17-4)60-18-5)44(30(10)63-46)64-31(11)50)21-26(6)19-20-34(51)27(7)22-32(23-38(57-15-2)58-16-3)43(28(8)35(52)24-37(53)65-36)66-47-41(55)39(49(12)13)40(54)29(9)62-47/h19-21,24,27-30,32-33,36,38-48,52,54-56H,14-18,22-23,25H2,1-13H3/b20-19+,26-21+,35-24-/t27-,28+,29-,30-,32-,33-,36-,39+,40-,41-,42-,43-,44-,45+,46-,47+/m1/s1.